The molecule has 0 aliphatic carbocycles. The van der Waals surface area contributed by atoms with Gasteiger partial charge >= 0.3 is 0 Å². The summed E-state index contributed by atoms with van der Waals surface area (Å²) in [5.41, 5.74) is 3.16. The Balaban J connectivity index is 1.88. The highest BCUT2D eigenvalue weighted by atomic mass is 32.2. The van der Waals surface area contributed by atoms with Gasteiger partial charge in [-0.25, -0.2) is 0 Å². The van der Waals surface area contributed by atoms with Crippen molar-refractivity contribution in [2.45, 2.75) is 19.0 Å². The maximum atomic E-state index is 12.4. The van der Waals surface area contributed by atoms with Crippen LogP contribution in [0.2, 0.25) is 0 Å². The first-order chi connectivity index (χ1) is 12.1. The number of benzene rings is 2. The third-order valence-electron chi connectivity index (χ3n) is 4.85. The second-order valence-electron chi connectivity index (χ2n) is 6.30. The molecule has 3 aromatic rings. The van der Waals surface area contributed by atoms with E-state index in [2.05, 4.69) is 29.7 Å². The lowest BCUT2D eigenvalue weighted by Gasteiger charge is -2.17. The summed E-state index contributed by atoms with van der Waals surface area (Å²) in [4.78, 5) is 25.8. The van der Waals surface area contributed by atoms with Crippen molar-refractivity contribution in [3.05, 3.63) is 71.9 Å². The molecule has 5 heteroatoms. The van der Waals surface area contributed by atoms with Gasteiger partial charge in [0.1, 0.15) is 6.04 Å². The van der Waals surface area contributed by atoms with Crippen LogP contribution >= 0.6 is 11.8 Å². The second kappa shape index (κ2) is 6.08. The Bertz CT molecular complexity index is 964. The molecule has 0 saturated carbocycles. The molecular weight excluding hydrogens is 332 g/mol. The van der Waals surface area contributed by atoms with Crippen LogP contribution in [0.25, 0.3) is 10.9 Å². The van der Waals surface area contributed by atoms with E-state index < -0.39 is 6.04 Å². The molecule has 2 heterocycles. The van der Waals surface area contributed by atoms with Crippen LogP contribution in [0.15, 0.2) is 60.8 Å². The molecule has 0 bridgehead atoms. The van der Waals surface area contributed by atoms with Gasteiger partial charge in [-0.2, -0.15) is 0 Å². The number of fused-ring (bicyclic) bond motifs is 1. The molecule has 0 N–H and O–H groups in total. The summed E-state index contributed by atoms with van der Waals surface area (Å²) in [6.07, 6.45) is 2.03. The summed E-state index contributed by atoms with van der Waals surface area (Å²) < 4.78 is 2.19. The quantitative estimate of drug-likeness (QED) is 0.692. The number of hydrogen-bond acceptors (Lipinski definition) is 3. The zero-order valence-electron chi connectivity index (χ0n) is 14.0. The van der Waals surface area contributed by atoms with Gasteiger partial charge in [0.2, 0.25) is 5.12 Å². The van der Waals surface area contributed by atoms with Crippen LogP contribution in [0, 0.1) is 0 Å². The van der Waals surface area contributed by atoms with Gasteiger partial charge in [0.25, 0.3) is 5.24 Å². The highest BCUT2D eigenvalue weighted by Crippen LogP contribution is 2.40. The maximum absolute atomic E-state index is 12.4. The molecule has 1 aliphatic rings. The van der Waals surface area contributed by atoms with Crippen LogP contribution in [-0.4, -0.2) is 26.9 Å². The number of likely N-dealkylation sites (N-methyl/N-ethyl adjacent to an activating group) is 1. The van der Waals surface area contributed by atoms with Gasteiger partial charge < -0.3 is 9.47 Å². The third-order valence-corrected chi connectivity index (χ3v) is 5.74. The average molecular weight is 350 g/mol. The number of rotatable bonds is 3. The Kier molecular flexibility index (Phi) is 3.88. The van der Waals surface area contributed by atoms with Gasteiger partial charge in [0, 0.05) is 41.5 Å². The van der Waals surface area contributed by atoms with Gasteiger partial charge in [-0.3, -0.25) is 9.59 Å². The Hall–Kier alpha value is -2.53. The number of carbonyl (C=O) groups excluding carboxylic acids is 2. The zero-order chi connectivity index (χ0) is 17.6. The van der Waals surface area contributed by atoms with Crippen molar-refractivity contribution in [2.24, 2.45) is 0 Å². The molecule has 2 atom stereocenters. The van der Waals surface area contributed by atoms with E-state index in [1.54, 1.807) is 7.05 Å². The molecule has 4 rings (SSSR count). The van der Waals surface area contributed by atoms with Crippen molar-refractivity contribution in [1.29, 1.82) is 0 Å². The van der Waals surface area contributed by atoms with Gasteiger partial charge in [-0.1, -0.05) is 48.5 Å². The predicted octanol–water partition coefficient (Wildman–Crippen LogP) is 4.62. The lowest BCUT2D eigenvalue weighted by Crippen LogP contribution is -2.23. The first-order valence-corrected chi connectivity index (χ1v) is 9.02. The van der Waals surface area contributed by atoms with E-state index in [9.17, 15) is 9.59 Å². The van der Waals surface area contributed by atoms with Crippen LogP contribution < -0.4 is 0 Å². The van der Waals surface area contributed by atoms with E-state index in [0.29, 0.717) is 0 Å². The molecule has 1 fully saturated rings. The molecular formula is C20H18N2O2S. The van der Waals surface area contributed by atoms with Crippen molar-refractivity contribution in [2.75, 3.05) is 7.05 Å². The summed E-state index contributed by atoms with van der Waals surface area (Å²) in [6.45, 7) is 2.14. The second-order valence-corrected chi connectivity index (χ2v) is 7.25. The molecule has 4 nitrogen and oxygen atoms in total. The third kappa shape index (κ3) is 2.55. The van der Waals surface area contributed by atoms with Crippen molar-refractivity contribution in [3.8, 4) is 0 Å². The Morgan fingerprint density at radius 2 is 1.68 bits per heavy atom. The van der Waals surface area contributed by atoms with Crippen LogP contribution in [0.4, 0.5) is 4.79 Å². The summed E-state index contributed by atoms with van der Waals surface area (Å²) in [7, 11) is 1.69. The van der Waals surface area contributed by atoms with E-state index in [-0.39, 0.29) is 16.4 Å². The molecule has 2 aromatic carbocycles. The number of hydrogen-bond donors (Lipinski definition) is 0. The molecule has 1 amide bonds. The average Bonchev–Trinajstić information content (AvgIpc) is 3.12. The highest BCUT2D eigenvalue weighted by molar-refractivity contribution is 8.26. The summed E-state index contributed by atoms with van der Waals surface area (Å²) in [5, 5.41) is 0.719. The van der Waals surface area contributed by atoms with Crippen LogP contribution in [-0.2, 0) is 4.79 Å². The topological polar surface area (TPSA) is 42.3 Å². The highest BCUT2D eigenvalue weighted by Gasteiger charge is 2.40. The first-order valence-electron chi connectivity index (χ1n) is 8.21. The minimum Gasteiger partial charge on any atom is -0.340 e. The van der Waals surface area contributed by atoms with Gasteiger partial charge in [0.05, 0.1) is 6.04 Å². The zero-order valence-corrected chi connectivity index (χ0v) is 14.9. The summed E-state index contributed by atoms with van der Waals surface area (Å²) in [5.74, 6) is 0. The number of para-hydroxylation sites is 1. The standard InChI is InChI=1S/C20H18N2O2S/c1-13(14-8-4-3-5-9-14)22-12-16(15-10-6-7-11-17(15)22)18-19(23)25-20(24)21(18)2/h3-13,18H,1-2H3. The number of amides is 1. The molecule has 1 aliphatic heterocycles. The molecule has 126 valence electrons. The fourth-order valence-electron chi connectivity index (χ4n) is 3.48. The summed E-state index contributed by atoms with van der Waals surface area (Å²) in [6, 6.07) is 17.9. The molecule has 1 aromatic heterocycles. The molecule has 0 spiro atoms. The fourth-order valence-corrected chi connectivity index (χ4v) is 4.29. The smallest absolute Gasteiger partial charge is 0.289 e. The first kappa shape index (κ1) is 16.0. The number of thioether (sulfide) groups is 1. The molecule has 25 heavy (non-hydrogen) atoms. The monoisotopic (exact) mass is 350 g/mol. The van der Waals surface area contributed by atoms with E-state index in [1.807, 2.05) is 42.6 Å². The fraction of sp³-hybridized carbons (Fsp3) is 0.200. The predicted molar refractivity (Wildman–Crippen MR) is 101 cm³/mol. The Morgan fingerprint density at radius 3 is 2.36 bits per heavy atom. The van der Waals surface area contributed by atoms with E-state index >= 15 is 0 Å². The van der Waals surface area contributed by atoms with Crippen LogP contribution in [0.5, 0.6) is 0 Å². The van der Waals surface area contributed by atoms with Crippen LogP contribution in [0.3, 0.4) is 0 Å². The van der Waals surface area contributed by atoms with E-state index in [4.69, 9.17) is 0 Å². The van der Waals surface area contributed by atoms with Gasteiger partial charge in [0.15, 0.2) is 0 Å². The van der Waals surface area contributed by atoms with E-state index in [0.717, 1.165) is 28.2 Å². The number of nitrogens with zero attached hydrogens (tertiary/aromatic N) is 2. The lowest BCUT2D eigenvalue weighted by atomic mass is 10.1. The lowest BCUT2D eigenvalue weighted by molar-refractivity contribution is -0.113. The maximum Gasteiger partial charge on any atom is 0.289 e. The van der Waals surface area contributed by atoms with Crippen molar-refractivity contribution >= 4 is 33.0 Å². The van der Waals surface area contributed by atoms with Gasteiger partial charge in [-0.05, 0) is 18.6 Å². The van der Waals surface area contributed by atoms with Crippen molar-refractivity contribution < 1.29 is 9.59 Å². The minimum atomic E-state index is -0.522. The number of carbonyl (C=O) groups is 2. The van der Waals surface area contributed by atoms with E-state index in [1.165, 1.54) is 10.5 Å². The SMILES string of the molecule is CC(c1ccccc1)n1cc(C2C(=O)SC(=O)N2C)c2ccccc21. The minimum absolute atomic E-state index is 0.109. The molecule has 2 unspecified atom stereocenters. The Labute approximate surface area is 150 Å². The summed E-state index contributed by atoms with van der Waals surface area (Å²) >= 11 is 0.793. The van der Waals surface area contributed by atoms with Crippen molar-refractivity contribution in [3.63, 3.8) is 0 Å². The van der Waals surface area contributed by atoms with Crippen LogP contribution in [0.1, 0.15) is 30.1 Å². The number of aromatic nitrogens is 1. The normalized spacial score (nSPS) is 19.0. The molecule has 1 saturated heterocycles. The molecule has 0 radical (unpaired) electrons. The van der Waals surface area contributed by atoms with Crippen molar-refractivity contribution in [1.82, 2.24) is 9.47 Å². The Morgan fingerprint density at radius 1 is 1.00 bits per heavy atom. The van der Waals surface area contributed by atoms with Gasteiger partial charge in [-0.15, -0.1) is 0 Å². The largest absolute Gasteiger partial charge is 0.340 e.